The summed E-state index contributed by atoms with van der Waals surface area (Å²) in [5, 5.41) is 12.0. The largest absolute Gasteiger partial charge is 0.481 e. The Kier molecular flexibility index (Phi) is 6.80. The Morgan fingerprint density at radius 3 is 2.29 bits per heavy atom. The summed E-state index contributed by atoms with van der Waals surface area (Å²) in [6.07, 6.45) is 1.87. The second-order valence-corrected chi connectivity index (χ2v) is 5.02. The zero-order valence-electron chi connectivity index (χ0n) is 11.1. The molecule has 0 fully saturated rings. The van der Waals surface area contributed by atoms with Crippen LogP contribution in [0.15, 0.2) is 0 Å². The number of ether oxygens (including phenoxy) is 1. The average Bonchev–Trinajstić information content (AvgIpc) is 2.14. The summed E-state index contributed by atoms with van der Waals surface area (Å²) >= 11 is 0. The van der Waals surface area contributed by atoms with Crippen LogP contribution in [0.2, 0.25) is 0 Å². The second kappa shape index (κ2) is 7.27. The number of unbranched alkanes of at least 4 members (excludes halogenated alkanes) is 1. The molecule has 0 heterocycles. The highest BCUT2D eigenvalue weighted by Gasteiger charge is 2.30. The van der Waals surface area contributed by atoms with Gasteiger partial charge in [-0.15, -0.1) is 0 Å². The van der Waals surface area contributed by atoms with Crippen molar-refractivity contribution in [2.24, 2.45) is 5.92 Å². The molecule has 2 N–H and O–H groups in total. The van der Waals surface area contributed by atoms with Crippen LogP contribution in [0.5, 0.6) is 0 Å². The fourth-order valence-corrected chi connectivity index (χ4v) is 1.37. The van der Waals surface area contributed by atoms with E-state index in [2.05, 4.69) is 5.32 Å². The number of carbonyl (C=O) groups is 2. The van der Waals surface area contributed by atoms with Gasteiger partial charge in [0.25, 0.3) is 0 Å². The number of aliphatic carboxylic acids is 1. The number of carboxylic acids is 1. The number of rotatable bonds is 7. The molecule has 0 rings (SSSR count). The first-order chi connectivity index (χ1) is 7.78. The summed E-state index contributed by atoms with van der Waals surface area (Å²) in [4.78, 5) is 22.6. The lowest BCUT2D eigenvalue weighted by Gasteiger charge is -2.22. The van der Waals surface area contributed by atoms with Gasteiger partial charge in [-0.1, -0.05) is 6.42 Å². The average molecular weight is 245 g/mol. The SMILES string of the molecule is CNCCCCC(C(=O)O)C(=O)OC(C)(C)C. The highest BCUT2D eigenvalue weighted by molar-refractivity contribution is 5.94. The minimum Gasteiger partial charge on any atom is -0.481 e. The summed E-state index contributed by atoms with van der Waals surface area (Å²) in [5.74, 6) is -2.80. The third-order valence-electron chi connectivity index (χ3n) is 2.16. The van der Waals surface area contributed by atoms with Crippen LogP contribution in [-0.4, -0.2) is 36.2 Å². The van der Waals surface area contributed by atoms with Crippen LogP contribution in [0.1, 0.15) is 40.0 Å². The summed E-state index contributed by atoms with van der Waals surface area (Å²) in [6.45, 7) is 6.00. The maximum absolute atomic E-state index is 11.6. The van der Waals surface area contributed by atoms with Gasteiger partial charge in [0, 0.05) is 0 Å². The van der Waals surface area contributed by atoms with Gasteiger partial charge < -0.3 is 15.2 Å². The molecular weight excluding hydrogens is 222 g/mol. The van der Waals surface area contributed by atoms with Crippen molar-refractivity contribution in [3.63, 3.8) is 0 Å². The molecule has 17 heavy (non-hydrogen) atoms. The van der Waals surface area contributed by atoms with E-state index >= 15 is 0 Å². The van der Waals surface area contributed by atoms with Crippen LogP contribution >= 0.6 is 0 Å². The van der Waals surface area contributed by atoms with Crippen LogP contribution in [0, 0.1) is 5.92 Å². The molecule has 0 aromatic carbocycles. The number of carbonyl (C=O) groups excluding carboxylic acids is 1. The van der Waals surface area contributed by atoms with Crippen molar-refractivity contribution in [3.05, 3.63) is 0 Å². The molecule has 0 spiro atoms. The van der Waals surface area contributed by atoms with Gasteiger partial charge in [0.15, 0.2) is 5.92 Å². The molecule has 0 amide bonds. The fraction of sp³-hybridized carbons (Fsp3) is 0.833. The van der Waals surface area contributed by atoms with Crippen molar-refractivity contribution >= 4 is 11.9 Å². The molecule has 0 radical (unpaired) electrons. The summed E-state index contributed by atoms with van der Waals surface area (Å²) in [5.41, 5.74) is -0.643. The zero-order chi connectivity index (χ0) is 13.5. The minimum atomic E-state index is -1.11. The van der Waals surface area contributed by atoms with Gasteiger partial charge >= 0.3 is 11.9 Å². The Hall–Kier alpha value is -1.10. The molecule has 0 saturated heterocycles. The van der Waals surface area contributed by atoms with E-state index in [1.807, 2.05) is 7.05 Å². The van der Waals surface area contributed by atoms with Crippen LogP contribution < -0.4 is 5.32 Å². The Morgan fingerprint density at radius 2 is 1.88 bits per heavy atom. The molecule has 0 saturated carbocycles. The normalized spacial score (nSPS) is 13.2. The van der Waals surface area contributed by atoms with E-state index < -0.39 is 23.5 Å². The van der Waals surface area contributed by atoms with E-state index in [4.69, 9.17) is 9.84 Å². The van der Waals surface area contributed by atoms with Crippen LogP contribution in [0.25, 0.3) is 0 Å². The lowest BCUT2D eigenvalue weighted by molar-refractivity contribution is -0.167. The van der Waals surface area contributed by atoms with Crippen molar-refractivity contribution in [1.29, 1.82) is 0 Å². The first kappa shape index (κ1) is 15.9. The van der Waals surface area contributed by atoms with Gasteiger partial charge in [0.05, 0.1) is 0 Å². The number of hydrogen-bond donors (Lipinski definition) is 2. The predicted octanol–water partition coefficient (Wildman–Crippen LogP) is 1.42. The first-order valence-corrected chi connectivity index (χ1v) is 5.88. The maximum atomic E-state index is 11.6. The summed E-state index contributed by atoms with van der Waals surface area (Å²) < 4.78 is 5.08. The number of hydrogen-bond acceptors (Lipinski definition) is 4. The molecule has 0 aliphatic heterocycles. The number of esters is 1. The van der Waals surface area contributed by atoms with Crippen LogP contribution in [-0.2, 0) is 14.3 Å². The van der Waals surface area contributed by atoms with Crippen LogP contribution in [0.3, 0.4) is 0 Å². The molecular formula is C12H23NO4. The Balaban J connectivity index is 4.23. The molecule has 0 bridgehead atoms. The van der Waals surface area contributed by atoms with Crippen molar-refractivity contribution in [1.82, 2.24) is 5.32 Å². The first-order valence-electron chi connectivity index (χ1n) is 5.88. The van der Waals surface area contributed by atoms with Crippen LogP contribution in [0.4, 0.5) is 0 Å². The molecule has 5 nitrogen and oxygen atoms in total. The fourth-order valence-electron chi connectivity index (χ4n) is 1.37. The van der Waals surface area contributed by atoms with Crippen molar-refractivity contribution in [3.8, 4) is 0 Å². The standard InChI is InChI=1S/C12H23NO4/c1-12(2,3)17-11(16)9(10(14)15)7-5-6-8-13-4/h9,13H,5-8H2,1-4H3,(H,14,15). The molecule has 0 aliphatic rings. The lowest BCUT2D eigenvalue weighted by Crippen LogP contribution is -2.32. The Bertz CT molecular complexity index is 258. The number of nitrogens with one attached hydrogen (secondary N) is 1. The zero-order valence-corrected chi connectivity index (χ0v) is 11.1. The molecule has 1 unspecified atom stereocenters. The summed E-state index contributed by atoms with van der Waals surface area (Å²) in [6, 6.07) is 0. The van der Waals surface area contributed by atoms with Gasteiger partial charge in [-0.2, -0.15) is 0 Å². The van der Waals surface area contributed by atoms with E-state index in [-0.39, 0.29) is 0 Å². The molecule has 0 aromatic heterocycles. The van der Waals surface area contributed by atoms with E-state index in [0.717, 1.165) is 13.0 Å². The number of carboxylic acid groups (broad SMARTS) is 1. The monoisotopic (exact) mass is 245 g/mol. The third-order valence-corrected chi connectivity index (χ3v) is 2.16. The molecule has 1 atom stereocenters. The third kappa shape index (κ3) is 7.74. The molecule has 100 valence electrons. The van der Waals surface area contributed by atoms with Crippen molar-refractivity contribution < 1.29 is 19.4 Å². The predicted molar refractivity (Wildman–Crippen MR) is 64.7 cm³/mol. The summed E-state index contributed by atoms with van der Waals surface area (Å²) in [7, 11) is 1.84. The van der Waals surface area contributed by atoms with Crippen molar-refractivity contribution in [2.45, 2.75) is 45.6 Å². The van der Waals surface area contributed by atoms with E-state index in [1.165, 1.54) is 0 Å². The van der Waals surface area contributed by atoms with E-state index in [9.17, 15) is 9.59 Å². The van der Waals surface area contributed by atoms with Crippen molar-refractivity contribution in [2.75, 3.05) is 13.6 Å². The molecule has 0 aliphatic carbocycles. The van der Waals surface area contributed by atoms with Gasteiger partial charge in [-0.25, -0.2) is 0 Å². The van der Waals surface area contributed by atoms with E-state index in [0.29, 0.717) is 12.8 Å². The molecule has 0 aromatic rings. The Labute approximate surface area is 103 Å². The highest BCUT2D eigenvalue weighted by atomic mass is 16.6. The van der Waals surface area contributed by atoms with E-state index in [1.54, 1.807) is 20.8 Å². The second-order valence-electron chi connectivity index (χ2n) is 5.02. The quantitative estimate of drug-likeness (QED) is 0.403. The van der Waals surface area contributed by atoms with Gasteiger partial charge in [0.2, 0.25) is 0 Å². The topological polar surface area (TPSA) is 75.6 Å². The Morgan fingerprint density at radius 1 is 1.29 bits per heavy atom. The van der Waals surface area contributed by atoms with Gasteiger partial charge in [-0.3, -0.25) is 9.59 Å². The highest BCUT2D eigenvalue weighted by Crippen LogP contribution is 2.16. The van der Waals surface area contributed by atoms with Gasteiger partial charge in [0.1, 0.15) is 5.60 Å². The minimum absolute atomic E-state index is 0.325. The molecule has 5 heteroatoms. The van der Waals surface area contributed by atoms with Gasteiger partial charge in [-0.05, 0) is 47.2 Å². The lowest BCUT2D eigenvalue weighted by atomic mass is 10.0. The maximum Gasteiger partial charge on any atom is 0.320 e. The smallest absolute Gasteiger partial charge is 0.320 e.